The van der Waals surface area contributed by atoms with Crippen molar-refractivity contribution in [3.8, 4) is 11.5 Å². The van der Waals surface area contributed by atoms with E-state index >= 15 is 0 Å². The summed E-state index contributed by atoms with van der Waals surface area (Å²) in [6, 6.07) is 5.77. The Morgan fingerprint density at radius 1 is 1.05 bits per heavy atom. The van der Waals surface area contributed by atoms with E-state index in [-0.39, 0.29) is 6.79 Å². The molecule has 0 aliphatic carbocycles. The highest BCUT2D eigenvalue weighted by molar-refractivity contribution is 5.92. The number of fused-ring (bicyclic) bond motifs is 3. The summed E-state index contributed by atoms with van der Waals surface area (Å²) >= 11 is 0. The van der Waals surface area contributed by atoms with Gasteiger partial charge in [-0.15, -0.1) is 0 Å². The first kappa shape index (κ1) is 10.5. The zero-order valence-corrected chi connectivity index (χ0v) is 9.96. The van der Waals surface area contributed by atoms with Crippen molar-refractivity contribution >= 4 is 21.9 Å². The highest BCUT2D eigenvalue weighted by Gasteiger charge is 2.15. The lowest BCUT2D eigenvalue weighted by molar-refractivity contribution is 0.174. The summed E-state index contributed by atoms with van der Waals surface area (Å²) in [7, 11) is 0. The molecule has 2 aromatic heterocycles. The number of ether oxygens (including phenoxy) is 2. The van der Waals surface area contributed by atoms with Crippen LogP contribution in [0.15, 0.2) is 24.4 Å². The van der Waals surface area contributed by atoms with Crippen molar-refractivity contribution in [1.29, 1.82) is 0 Å². The molecule has 2 N–H and O–H groups in total. The predicted octanol–water partition coefficient (Wildman–Crippen LogP) is 1.37. The van der Waals surface area contributed by atoms with Crippen molar-refractivity contribution in [3.05, 3.63) is 30.2 Å². The Kier molecular flexibility index (Phi) is 2.07. The van der Waals surface area contributed by atoms with Crippen LogP contribution in [0, 0.1) is 0 Å². The van der Waals surface area contributed by atoms with Crippen LogP contribution in [0.4, 0.5) is 0 Å². The Morgan fingerprint density at radius 2 is 1.89 bits per heavy atom. The third-order valence-corrected chi connectivity index (χ3v) is 3.09. The van der Waals surface area contributed by atoms with E-state index in [0.29, 0.717) is 23.8 Å². The largest absolute Gasteiger partial charge is 0.454 e. The fourth-order valence-electron chi connectivity index (χ4n) is 2.15. The van der Waals surface area contributed by atoms with E-state index in [1.807, 2.05) is 18.2 Å². The second kappa shape index (κ2) is 3.76. The summed E-state index contributed by atoms with van der Waals surface area (Å²) in [5, 5.41) is 1.85. The van der Waals surface area contributed by atoms with Gasteiger partial charge in [0, 0.05) is 23.0 Å². The van der Waals surface area contributed by atoms with Crippen LogP contribution in [0.2, 0.25) is 0 Å². The molecule has 19 heavy (non-hydrogen) atoms. The maximum absolute atomic E-state index is 5.54. The van der Waals surface area contributed by atoms with Crippen LogP contribution < -0.4 is 15.2 Å². The molecule has 6 heteroatoms. The van der Waals surface area contributed by atoms with Crippen molar-refractivity contribution in [2.45, 2.75) is 6.54 Å². The van der Waals surface area contributed by atoms with Gasteiger partial charge in [-0.1, -0.05) is 0 Å². The van der Waals surface area contributed by atoms with Crippen LogP contribution >= 0.6 is 0 Å². The fraction of sp³-hybridized carbons (Fsp3) is 0.154. The topological polar surface area (TPSA) is 83.2 Å². The molecule has 1 aromatic carbocycles. The van der Waals surface area contributed by atoms with Gasteiger partial charge in [0.15, 0.2) is 17.1 Å². The lowest BCUT2D eigenvalue weighted by atomic mass is 10.1. The summed E-state index contributed by atoms with van der Waals surface area (Å²) in [6.07, 6.45) is 1.74. The van der Waals surface area contributed by atoms with Crippen LogP contribution in [0.1, 0.15) is 5.82 Å². The smallest absolute Gasteiger partial charge is 0.231 e. The van der Waals surface area contributed by atoms with Crippen molar-refractivity contribution in [2.24, 2.45) is 5.73 Å². The minimum Gasteiger partial charge on any atom is -0.454 e. The van der Waals surface area contributed by atoms with Crippen LogP contribution in [-0.4, -0.2) is 21.7 Å². The van der Waals surface area contributed by atoms with Crippen LogP contribution in [0.3, 0.4) is 0 Å². The van der Waals surface area contributed by atoms with E-state index in [9.17, 15) is 0 Å². The zero-order valence-electron chi connectivity index (χ0n) is 9.96. The number of nitrogens with zero attached hydrogens (tertiary/aromatic N) is 3. The third-order valence-electron chi connectivity index (χ3n) is 3.09. The maximum atomic E-state index is 5.54. The molecule has 0 amide bonds. The molecule has 0 saturated heterocycles. The molecule has 0 saturated carbocycles. The molecule has 0 radical (unpaired) electrons. The van der Waals surface area contributed by atoms with E-state index in [4.69, 9.17) is 15.2 Å². The van der Waals surface area contributed by atoms with Crippen molar-refractivity contribution < 1.29 is 9.47 Å². The second-order valence-corrected chi connectivity index (χ2v) is 4.29. The molecular formula is C13H10N4O2. The minimum absolute atomic E-state index is 0.252. The van der Waals surface area contributed by atoms with E-state index in [2.05, 4.69) is 15.0 Å². The summed E-state index contributed by atoms with van der Waals surface area (Å²) in [4.78, 5) is 13.0. The zero-order chi connectivity index (χ0) is 12.8. The summed E-state index contributed by atoms with van der Waals surface area (Å²) in [5.74, 6) is 2.04. The highest BCUT2D eigenvalue weighted by Crippen LogP contribution is 2.36. The van der Waals surface area contributed by atoms with Crippen molar-refractivity contribution in [2.75, 3.05) is 6.79 Å². The van der Waals surface area contributed by atoms with E-state index < -0.39 is 0 Å². The first-order valence-corrected chi connectivity index (χ1v) is 5.89. The summed E-state index contributed by atoms with van der Waals surface area (Å²) in [5.41, 5.74) is 7.00. The van der Waals surface area contributed by atoms with E-state index in [0.717, 1.165) is 22.0 Å². The average Bonchev–Trinajstić information content (AvgIpc) is 2.88. The Bertz CT molecular complexity index is 803. The Hall–Kier alpha value is -2.47. The Labute approximate surface area is 108 Å². The monoisotopic (exact) mass is 254 g/mol. The van der Waals surface area contributed by atoms with E-state index in [1.165, 1.54) is 0 Å². The van der Waals surface area contributed by atoms with Crippen molar-refractivity contribution in [1.82, 2.24) is 15.0 Å². The fourth-order valence-corrected chi connectivity index (χ4v) is 2.15. The minimum atomic E-state index is 0.252. The SMILES string of the molecule is NCc1ncc2cc3cc4c(cc3nc2n1)OCO4. The van der Waals surface area contributed by atoms with Crippen molar-refractivity contribution in [3.63, 3.8) is 0 Å². The van der Waals surface area contributed by atoms with Gasteiger partial charge in [-0.05, 0) is 12.1 Å². The molecule has 0 unspecified atom stereocenters. The molecule has 6 nitrogen and oxygen atoms in total. The van der Waals surface area contributed by atoms with Gasteiger partial charge >= 0.3 is 0 Å². The molecular weight excluding hydrogens is 244 g/mol. The molecule has 4 rings (SSSR count). The molecule has 1 aliphatic rings. The van der Waals surface area contributed by atoms with Gasteiger partial charge in [0.2, 0.25) is 6.79 Å². The molecule has 0 atom stereocenters. The molecule has 0 bridgehead atoms. The molecule has 1 aliphatic heterocycles. The summed E-state index contributed by atoms with van der Waals surface area (Å²) in [6.45, 7) is 0.555. The Balaban J connectivity index is 2.02. The average molecular weight is 254 g/mol. The number of benzene rings is 1. The van der Waals surface area contributed by atoms with Gasteiger partial charge in [-0.25, -0.2) is 15.0 Å². The van der Waals surface area contributed by atoms with Crippen LogP contribution in [0.25, 0.3) is 21.9 Å². The number of nitrogens with two attached hydrogens (primary N) is 1. The molecule has 94 valence electrons. The third kappa shape index (κ3) is 1.57. The first-order valence-electron chi connectivity index (χ1n) is 5.89. The van der Waals surface area contributed by atoms with Crippen LogP contribution in [-0.2, 0) is 6.54 Å². The maximum Gasteiger partial charge on any atom is 0.231 e. The highest BCUT2D eigenvalue weighted by atomic mass is 16.7. The summed E-state index contributed by atoms with van der Waals surface area (Å²) < 4.78 is 10.7. The number of hydrogen-bond acceptors (Lipinski definition) is 6. The van der Waals surface area contributed by atoms with Gasteiger partial charge < -0.3 is 15.2 Å². The van der Waals surface area contributed by atoms with Gasteiger partial charge in [0.25, 0.3) is 0 Å². The number of aromatic nitrogens is 3. The first-order chi connectivity index (χ1) is 9.33. The lowest BCUT2D eigenvalue weighted by Crippen LogP contribution is -2.03. The normalized spacial score (nSPS) is 13.3. The lowest BCUT2D eigenvalue weighted by Gasteiger charge is -2.03. The quantitative estimate of drug-likeness (QED) is 0.660. The molecule has 0 spiro atoms. The van der Waals surface area contributed by atoms with Gasteiger partial charge in [-0.3, -0.25) is 0 Å². The van der Waals surface area contributed by atoms with Gasteiger partial charge in [-0.2, -0.15) is 0 Å². The second-order valence-electron chi connectivity index (χ2n) is 4.29. The molecule has 0 fully saturated rings. The van der Waals surface area contributed by atoms with Crippen LogP contribution in [0.5, 0.6) is 11.5 Å². The standard InChI is InChI=1S/C13H10N4O2/c14-4-12-15-5-8-1-7-2-10-11(19-6-18-10)3-9(7)16-13(8)17-12/h1-3,5H,4,6,14H2. The molecule has 3 heterocycles. The van der Waals surface area contributed by atoms with Gasteiger partial charge in [0.05, 0.1) is 12.1 Å². The predicted molar refractivity (Wildman–Crippen MR) is 68.9 cm³/mol. The van der Waals surface area contributed by atoms with E-state index in [1.54, 1.807) is 6.20 Å². The number of hydrogen-bond donors (Lipinski definition) is 1. The number of rotatable bonds is 1. The van der Waals surface area contributed by atoms with Gasteiger partial charge in [0.1, 0.15) is 5.82 Å². The Morgan fingerprint density at radius 3 is 2.74 bits per heavy atom. The number of pyridine rings is 1. The molecule has 3 aromatic rings.